The largest absolute Gasteiger partial charge is 0.395 e. The predicted molar refractivity (Wildman–Crippen MR) is 64.0 cm³/mol. The van der Waals surface area contributed by atoms with Gasteiger partial charge in [0, 0.05) is 18.4 Å². The molecule has 17 heavy (non-hydrogen) atoms. The Bertz CT molecular complexity index is 527. The Kier molecular flexibility index (Phi) is 4.50. The SMILES string of the molecule is CS(=O)(=O)c1cc(C(=O)NCCO)ccc1Cl. The lowest BCUT2D eigenvalue weighted by Crippen LogP contribution is -2.26. The van der Waals surface area contributed by atoms with Gasteiger partial charge in [-0.1, -0.05) is 11.6 Å². The van der Waals surface area contributed by atoms with Crippen molar-refractivity contribution in [3.05, 3.63) is 28.8 Å². The molecule has 0 bridgehead atoms. The highest BCUT2D eigenvalue weighted by atomic mass is 35.5. The van der Waals surface area contributed by atoms with Crippen molar-refractivity contribution in [3.8, 4) is 0 Å². The van der Waals surface area contributed by atoms with Crippen LogP contribution in [0.1, 0.15) is 10.4 Å². The summed E-state index contributed by atoms with van der Waals surface area (Å²) in [6.45, 7) is -0.0755. The Morgan fingerprint density at radius 3 is 2.65 bits per heavy atom. The van der Waals surface area contributed by atoms with Crippen molar-refractivity contribution in [1.82, 2.24) is 5.32 Å². The number of nitrogens with one attached hydrogen (secondary N) is 1. The number of sulfone groups is 1. The molecule has 1 aromatic rings. The summed E-state index contributed by atoms with van der Waals surface area (Å²) in [6.07, 6.45) is 1.02. The zero-order valence-electron chi connectivity index (χ0n) is 9.10. The Morgan fingerprint density at radius 1 is 1.47 bits per heavy atom. The summed E-state index contributed by atoms with van der Waals surface area (Å²) in [5.41, 5.74) is 0.184. The van der Waals surface area contributed by atoms with E-state index in [0.717, 1.165) is 6.26 Å². The third-order valence-electron chi connectivity index (χ3n) is 1.99. The molecule has 0 aliphatic rings. The third kappa shape index (κ3) is 3.69. The fourth-order valence-electron chi connectivity index (χ4n) is 1.20. The number of carbonyl (C=O) groups excluding carboxylic acids is 1. The Labute approximate surface area is 104 Å². The van der Waals surface area contributed by atoms with E-state index in [-0.39, 0.29) is 28.6 Å². The van der Waals surface area contributed by atoms with Crippen LogP contribution in [0.2, 0.25) is 5.02 Å². The van der Waals surface area contributed by atoms with Crippen molar-refractivity contribution >= 4 is 27.3 Å². The smallest absolute Gasteiger partial charge is 0.251 e. The number of aliphatic hydroxyl groups is 1. The average molecular weight is 278 g/mol. The molecule has 0 aromatic heterocycles. The van der Waals surface area contributed by atoms with Gasteiger partial charge in [-0.25, -0.2) is 8.42 Å². The first-order valence-electron chi connectivity index (χ1n) is 4.75. The maximum Gasteiger partial charge on any atom is 0.251 e. The van der Waals surface area contributed by atoms with Gasteiger partial charge < -0.3 is 10.4 Å². The molecule has 94 valence electrons. The van der Waals surface area contributed by atoms with Gasteiger partial charge in [-0.3, -0.25) is 4.79 Å². The fraction of sp³-hybridized carbons (Fsp3) is 0.300. The minimum atomic E-state index is -3.47. The summed E-state index contributed by atoms with van der Waals surface area (Å²) in [6, 6.07) is 3.99. The highest BCUT2D eigenvalue weighted by Gasteiger charge is 2.15. The van der Waals surface area contributed by atoms with Crippen molar-refractivity contribution in [2.45, 2.75) is 4.90 Å². The molecule has 0 saturated heterocycles. The number of halogens is 1. The molecule has 5 nitrogen and oxygen atoms in total. The standard InChI is InChI=1S/C10H12ClNO4S/c1-17(15,16)9-6-7(2-3-8(9)11)10(14)12-4-5-13/h2-3,6,13H,4-5H2,1H3,(H,12,14). The second kappa shape index (κ2) is 5.48. The topological polar surface area (TPSA) is 83.5 Å². The van der Waals surface area contributed by atoms with Crippen molar-refractivity contribution in [1.29, 1.82) is 0 Å². The van der Waals surface area contributed by atoms with E-state index in [2.05, 4.69) is 5.32 Å². The monoisotopic (exact) mass is 277 g/mol. The second-order valence-electron chi connectivity index (χ2n) is 3.40. The zero-order valence-corrected chi connectivity index (χ0v) is 10.7. The maximum atomic E-state index is 11.5. The Morgan fingerprint density at radius 2 is 2.12 bits per heavy atom. The zero-order chi connectivity index (χ0) is 13.1. The van der Waals surface area contributed by atoms with Crippen LogP contribution in [-0.4, -0.2) is 38.8 Å². The number of aliphatic hydroxyl groups excluding tert-OH is 1. The highest BCUT2D eigenvalue weighted by molar-refractivity contribution is 7.90. The number of benzene rings is 1. The summed E-state index contributed by atoms with van der Waals surface area (Å²) >= 11 is 5.74. The van der Waals surface area contributed by atoms with E-state index < -0.39 is 15.7 Å². The van der Waals surface area contributed by atoms with Gasteiger partial charge in [-0.2, -0.15) is 0 Å². The molecule has 0 saturated carbocycles. The lowest BCUT2D eigenvalue weighted by molar-refractivity contribution is 0.0944. The quantitative estimate of drug-likeness (QED) is 0.838. The fourth-order valence-corrected chi connectivity index (χ4v) is 2.50. The van der Waals surface area contributed by atoms with Crippen LogP contribution >= 0.6 is 11.6 Å². The number of rotatable bonds is 4. The van der Waals surface area contributed by atoms with E-state index in [1.54, 1.807) is 0 Å². The summed E-state index contributed by atoms with van der Waals surface area (Å²) in [7, 11) is -3.47. The van der Waals surface area contributed by atoms with Gasteiger partial charge in [0.05, 0.1) is 16.5 Å². The van der Waals surface area contributed by atoms with Crippen LogP contribution in [0.25, 0.3) is 0 Å². The van der Waals surface area contributed by atoms with Gasteiger partial charge in [0.2, 0.25) is 0 Å². The van der Waals surface area contributed by atoms with Crippen LogP contribution < -0.4 is 5.32 Å². The molecule has 0 aliphatic heterocycles. The van der Waals surface area contributed by atoms with Crippen molar-refractivity contribution in [2.24, 2.45) is 0 Å². The first-order valence-corrected chi connectivity index (χ1v) is 7.02. The van der Waals surface area contributed by atoms with Gasteiger partial charge >= 0.3 is 0 Å². The highest BCUT2D eigenvalue weighted by Crippen LogP contribution is 2.22. The molecular formula is C10H12ClNO4S. The molecule has 0 radical (unpaired) electrons. The molecule has 0 spiro atoms. The number of amides is 1. The van der Waals surface area contributed by atoms with Crippen LogP contribution in [0, 0.1) is 0 Å². The van der Waals surface area contributed by atoms with Gasteiger partial charge in [0.25, 0.3) is 5.91 Å². The molecule has 0 unspecified atom stereocenters. The summed E-state index contributed by atoms with van der Waals surface area (Å²) < 4.78 is 22.8. The van der Waals surface area contributed by atoms with Crippen molar-refractivity contribution < 1.29 is 18.3 Å². The molecule has 0 atom stereocenters. The first-order chi connectivity index (χ1) is 7.86. The lowest BCUT2D eigenvalue weighted by atomic mass is 10.2. The molecular weight excluding hydrogens is 266 g/mol. The number of hydrogen-bond donors (Lipinski definition) is 2. The molecule has 1 amide bonds. The molecule has 7 heteroatoms. The summed E-state index contributed by atoms with van der Waals surface area (Å²) in [4.78, 5) is 11.4. The summed E-state index contributed by atoms with van der Waals surface area (Å²) in [5.74, 6) is -0.458. The van der Waals surface area contributed by atoms with Crippen molar-refractivity contribution in [3.63, 3.8) is 0 Å². The maximum absolute atomic E-state index is 11.5. The van der Waals surface area contributed by atoms with E-state index >= 15 is 0 Å². The minimum absolute atomic E-state index is 0.0752. The number of hydrogen-bond acceptors (Lipinski definition) is 4. The second-order valence-corrected chi connectivity index (χ2v) is 5.79. The van der Waals surface area contributed by atoms with E-state index in [1.165, 1.54) is 18.2 Å². The van der Waals surface area contributed by atoms with Gasteiger partial charge in [-0.05, 0) is 18.2 Å². The van der Waals surface area contributed by atoms with Crippen LogP contribution in [0.15, 0.2) is 23.1 Å². The van der Waals surface area contributed by atoms with Gasteiger partial charge in [-0.15, -0.1) is 0 Å². The minimum Gasteiger partial charge on any atom is -0.395 e. The molecule has 1 rings (SSSR count). The molecule has 0 fully saturated rings. The Balaban J connectivity index is 3.09. The van der Waals surface area contributed by atoms with Gasteiger partial charge in [0.1, 0.15) is 0 Å². The van der Waals surface area contributed by atoms with E-state index in [0.29, 0.717) is 0 Å². The Hall–Kier alpha value is -1.11. The first kappa shape index (κ1) is 14.0. The third-order valence-corrected chi connectivity index (χ3v) is 3.57. The van der Waals surface area contributed by atoms with Crippen LogP contribution in [0.4, 0.5) is 0 Å². The molecule has 0 aliphatic carbocycles. The van der Waals surface area contributed by atoms with Crippen molar-refractivity contribution in [2.75, 3.05) is 19.4 Å². The summed E-state index contributed by atoms with van der Waals surface area (Å²) in [5, 5.41) is 11.1. The van der Waals surface area contributed by atoms with E-state index in [1.807, 2.05) is 0 Å². The molecule has 2 N–H and O–H groups in total. The predicted octanol–water partition coefficient (Wildman–Crippen LogP) is 0.466. The van der Waals surface area contributed by atoms with E-state index in [4.69, 9.17) is 16.7 Å². The average Bonchev–Trinajstić information content (AvgIpc) is 2.25. The lowest BCUT2D eigenvalue weighted by Gasteiger charge is -2.06. The normalized spacial score (nSPS) is 11.2. The molecule has 0 heterocycles. The number of carbonyl (C=O) groups is 1. The van der Waals surface area contributed by atoms with Gasteiger partial charge in [0.15, 0.2) is 9.84 Å². The van der Waals surface area contributed by atoms with Crippen LogP contribution in [-0.2, 0) is 9.84 Å². The molecule has 1 aromatic carbocycles. The van der Waals surface area contributed by atoms with Crippen LogP contribution in [0.5, 0.6) is 0 Å². The van der Waals surface area contributed by atoms with Crippen LogP contribution in [0.3, 0.4) is 0 Å². The van der Waals surface area contributed by atoms with E-state index in [9.17, 15) is 13.2 Å².